The van der Waals surface area contributed by atoms with Crippen LogP contribution < -0.4 is 5.73 Å². The van der Waals surface area contributed by atoms with Crippen molar-refractivity contribution in [1.82, 2.24) is 4.57 Å². The van der Waals surface area contributed by atoms with Crippen molar-refractivity contribution in [1.29, 1.82) is 0 Å². The number of aromatic carboxylic acids is 1. The lowest BCUT2D eigenvalue weighted by Crippen LogP contribution is -2.33. The lowest BCUT2D eigenvalue weighted by Gasteiger charge is -2.18. The van der Waals surface area contributed by atoms with E-state index in [-0.39, 0.29) is 5.54 Å². The van der Waals surface area contributed by atoms with E-state index in [4.69, 9.17) is 10.8 Å². The first kappa shape index (κ1) is 12.6. The highest BCUT2D eigenvalue weighted by atomic mass is 16.4. The molecule has 0 aliphatic rings. The Morgan fingerprint density at radius 1 is 1.39 bits per heavy atom. The Labute approximate surface area is 106 Å². The molecule has 0 bridgehead atoms. The SMILES string of the molecule is CC(C)(N)CCn1ccc2cc(C(=O)O)ccc21. The second-order valence-corrected chi connectivity index (χ2v) is 5.33. The maximum absolute atomic E-state index is 10.9. The van der Waals surface area contributed by atoms with Crippen LogP contribution in [0.3, 0.4) is 0 Å². The summed E-state index contributed by atoms with van der Waals surface area (Å²) >= 11 is 0. The van der Waals surface area contributed by atoms with E-state index in [0.717, 1.165) is 23.9 Å². The van der Waals surface area contributed by atoms with Crippen LogP contribution in [0.4, 0.5) is 0 Å². The van der Waals surface area contributed by atoms with Crippen molar-refractivity contribution in [3.63, 3.8) is 0 Å². The van der Waals surface area contributed by atoms with E-state index in [1.165, 1.54) is 0 Å². The highest BCUT2D eigenvalue weighted by Gasteiger charge is 2.12. The Hall–Kier alpha value is -1.81. The maximum atomic E-state index is 10.9. The summed E-state index contributed by atoms with van der Waals surface area (Å²) in [6.45, 7) is 4.84. The molecule has 3 N–H and O–H groups in total. The lowest BCUT2D eigenvalue weighted by molar-refractivity contribution is 0.0697. The number of hydrogen-bond acceptors (Lipinski definition) is 2. The van der Waals surface area contributed by atoms with Crippen molar-refractivity contribution in [2.24, 2.45) is 5.73 Å². The van der Waals surface area contributed by atoms with Crippen molar-refractivity contribution in [2.45, 2.75) is 32.4 Å². The summed E-state index contributed by atoms with van der Waals surface area (Å²) in [6, 6.07) is 7.12. The van der Waals surface area contributed by atoms with Gasteiger partial charge in [0.15, 0.2) is 0 Å². The number of benzene rings is 1. The van der Waals surface area contributed by atoms with Gasteiger partial charge in [0, 0.05) is 29.2 Å². The summed E-state index contributed by atoms with van der Waals surface area (Å²) < 4.78 is 2.11. The van der Waals surface area contributed by atoms with E-state index in [2.05, 4.69) is 4.57 Å². The standard InChI is InChI=1S/C14H18N2O2/c1-14(2,15)6-8-16-7-5-10-9-11(13(17)18)3-4-12(10)16/h3-5,7,9H,6,8,15H2,1-2H3,(H,17,18). The van der Waals surface area contributed by atoms with Gasteiger partial charge in [-0.2, -0.15) is 0 Å². The van der Waals surface area contributed by atoms with Crippen molar-refractivity contribution < 1.29 is 9.90 Å². The van der Waals surface area contributed by atoms with Crippen LogP contribution in [0.25, 0.3) is 10.9 Å². The minimum atomic E-state index is -0.896. The van der Waals surface area contributed by atoms with Crippen LogP contribution in [0, 0.1) is 0 Å². The molecule has 0 atom stereocenters. The van der Waals surface area contributed by atoms with Gasteiger partial charge in [0.2, 0.25) is 0 Å². The fourth-order valence-electron chi connectivity index (χ4n) is 1.94. The molecular weight excluding hydrogens is 228 g/mol. The zero-order chi connectivity index (χ0) is 13.3. The van der Waals surface area contributed by atoms with E-state index in [9.17, 15) is 4.79 Å². The predicted molar refractivity (Wildman–Crippen MR) is 71.8 cm³/mol. The quantitative estimate of drug-likeness (QED) is 0.870. The summed E-state index contributed by atoms with van der Waals surface area (Å²) in [4.78, 5) is 10.9. The second-order valence-electron chi connectivity index (χ2n) is 5.33. The van der Waals surface area contributed by atoms with Gasteiger partial charge in [0.05, 0.1) is 5.56 Å². The Balaban J connectivity index is 2.29. The predicted octanol–water partition coefficient (Wildman–Crippen LogP) is 2.47. The van der Waals surface area contributed by atoms with Crippen molar-refractivity contribution >= 4 is 16.9 Å². The van der Waals surface area contributed by atoms with Crippen LogP contribution in [0.1, 0.15) is 30.6 Å². The fraction of sp³-hybridized carbons (Fsp3) is 0.357. The Morgan fingerprint density at radius 2 is 2.11 bits per heavy atom. The van der Waals surface area contributed by atoms with Gasteiger partial charge in [-0.1, -0.05) is 0 Å². The number of nitrogens with zero attached hydrogens (tertiary/aromatic N) is 1. The first-order chi connectivity index (χ1) is 8.37. The number of rotatable bonds is 4. The van der Waals surface area contributed by atoms with Crippen molar-refractivity contribution in [3.05, 3.63) is 36.0 Å². The Morgan fingerprint density at radius 3 is 2.72 bits per heavy atom. The van der Waals surface area contributed by atoms with Crippen LogP contribution in [-0.2, 0) is 6.54 Å². The number of carboxylic acid groups (broad SMARTS) is 1. The van der Waals surface area contributed by atoms with Gasteiger partial charge in [-0.15, -0.1) is 0 Å². The molecule has 0 radical (unpaired) electrons. The molecule has 18 heavy (non-hydrogen) atoms. The van der Waals surface area contributed by atoms with Crippen LogP contribution in [-0.4, -0.2) is 21.2 Å². The molecule has 0 unspecified atom stereocenters. The molecule has 4 nitrogen and oxygen atoms in total. The van der Waals surface area contributed by atoms with E-state index in [0.29, 0.717) is 5.56 Å². The van der Waals surface area contributed by atoms with Gasteiger partial charge in [0.25, 0.3) is 0 Å². The largest absolute Gasteiger partial charge is 0.478 e. The number of fused-ring (bicyclic) bond motifs is 1. The van der Waals surface area contributed by atoms with Crippen LogP contribution in [0.2, 0.25) is 0 Å². The molecule has 1 heterocycles. The molecule has 96 valence electrons. The molecule has 1 aromatic heterocycles. The van der Waals surface area contributed by atoms with E-state index < -0.39 is 5.97 Å². The minimum Gasteiger partial charge on any atom is -0.478 e. The third-order valence-electron chi connectivity index (χ3n) is 3.01. The van der Waals surface area contributed by atoms with E-state index in [1.807, 2.05) is 32.2 Å². The van der Waals surface area contributed by atoms with Crippen molar-refractivity contribution in [2.75, 3.05) is 0 Å². The molecule has 0 saturated heterocycles. The first-order valence-corrected chi connectivity index (χ1v) is 5.98. The van der Waals surface area contributed by atoms with Gasteiger partial charge < -0.3 is 15.4 Å². The molecule has 0 aliphatic heterocycles. The molecule has 0 saturated carbocycles. The second kappa shape index (κ2) is 4.46. The first-order valence-electron chi connectivity index (χ1n) is 5.98. The monoisotopic (exact) mass is 246 g/mol. The van der Waals surface area contributed by atoms with Gasteiger partial charge >= 0.3 is 5.97 Å². The Kier molecular flexibility index (Phi) is 3.13. The molecule has 2 aromatic rings. The summed E-state index contributed by atoms with van der Waals surface area (Å²) in [6.07, 6.45) is 2.85. The number of aryl methyl sites for hydroxylation is 1. The van der Waals surface area contributed by atoms with Crippen LogP contribution >= 0.6 is 0 Å². The highest BCUT2D eigenvalue weighted by molar-refractivity contribution is 5.93. The molecule has 4 heteroatoms. The minimum absolute atomic E-state index is 0.197. The highest BCUT2D eigenvalue weighted by Crippen LogP contribution is 2.19. The topological polar surface area (TPSA) is 68.2 Å². The third-order valence-corrected chi connectivity index (χ3v) is 3.01. The normalized spacial score (nSPS) is 11.9. The number of carboxylic acids is 1. The molecule has 0 amide bonds. The van der Waals surface area contributed by atoms with Gasteiger partial charge in [-0.3, -0.25) is 0 Å². The summed E-state index contributed by atoms with van der Waals surface area (Å²) in [5, 5.41) is 9.89. The van der Waals surface area contributed by atoms with E-state index in [1.54, 1.807) is 12.1 Å². The molecule has 0 spiro atoms. The lowest BCUT2D eigenvalue weighted by atomic mass is 10.0. The molecule has 0 fully saturated rings. The van der Waals surface area contributed by atoms with E-state index >= 15 is 0 Å². The smallest absolute Gasteiger partial charge is 0.335 e. The molecule has 2 rings (SSSR count). The number of carbonyl (C=O) groups is 1. The number of hydrogen-bond donors (Lipinski definition) is 2. The maximum Gasteiger partial charge on any atom is 0.335 e. The van der Waals surface area contributed by atoms with Crippen LogP contribution in [0.15, 0.2) is 30.5 Å². The molecule has 0 aliphatic carbocycles. The third kappa shape index (κ3) is 2.71. The van der Waals surface area contributed by atoms with Crippen LogP contribution in [0.5, 0.6) is 0 Å². The zero-order valence-electron chi connectivity index (χ0n) is 10.7. The Bertz CT molecular complexity index is 579. The fourth-order valence-corrected chi connectivity index (χ4v) is 1.94. The summed E-state index contributed by atoms with van der Waals surface area (Å²) in [7, 11) is 0. The van der Waals surface area contributed by atoms with Gasteiger partial charge in [0.1, 0.15) is 0 Å². The number of nitrogens with two attached hydrogens (primary N) is 1. The average Bonchev–Trinajstić information content (AvgIpc) is 2.67. The van der Waals surface area contributed by atoms with Gasteiger partial charge in [-0.05, 0) is 44.5 Å². The average molecular weight is 246 g/mol. The summed E-state index contributed by atoms with van der Waals surface area (Å²) in [5.74, 6) is -0.896. The molecule has 1 aromatic carbocycles. The number of aromatic nitrogens is 1. The zero-order valence-corrected chi connectivity index (χ0v) is 10.7. The van der Waals surface area contributed by atoms with Crippen molar-refractivity contribution in [3.8, 4) is 0 Å². The summed E-state index contributed by atoms with van der Waals surface area (Å²) in [5.41, 5.74) is 7.14. The molecular formula is C14H18N2O2. The van der Waals surface area contributed by atoms with Gasteiger partial charge in [-0.25, -0.2) is 4.79 Å².